The monoisotopic (exact) mass is 378 g/mol. The molecule has 0 N–H and O–H groups in total. The van der Waals surface area contributed by atoms with Crippen molar-refractivity contribution in [2.24, 2.45) is 0 Å². The van der Waals surface area contributed by atoms with Gasteiger partial charge in [-0.1, -0.05) is 25.3 Å². The molecule has 0 spiro atoms. The molecule has 2 aliphatic carbocycles. The number of hydrogen-bond donors (Lipinski definition) is 0. The highest BCUT2D eigenvalue weighted by atomic mass is 32.2. The van der Waals surface area contributed by atoms with E-state index >= 15 is 0 Å². The van der Waals surface area contributed by atoms with Gasteiger partial charge in [-0.15, -0.1) is 0 Å². The Morgan fingerprint density at radius 1 is 1.04 bits per heavy atom. The molecule has 0 aliphatic heterocycles. The Labute approximate surface area is 157 Å². The van der Waals surface area contributed by atoms with Crippen LogP contribution in [-0.4, -0.2) is 48.7 Å². The van der Waals surface area contributed by atoms with Crippen LogP contribution in [0.3, 0.4) is 0 Å². The second-order valence-corrected chi connectivity index (χ2v) is 9.88. The molecule has 144 valence electrons. The van der Waals surface area contributed by atoms with E-state index in [0.29, 0.717) is 11.6 Å². The molecule has 2 fully saturated rings. The van der Waals surface area contributed by atoms with E-state index < -0.39 is 10.0 Å². The van der Waals surface area contributed by atoms with Crippen LogP contribution in [0.4, 0.5) is 0 Å². The maximum absolute atomic E-state index is 13.1. The van der Waals surface area contributed by atoms with Crippen molar-refractivity contribution < 1.29 is 13.2 Å². The van der Waals surface area contributed by atoms with Gasteiger partial charge in [0.2, 0.25) is 10.0 Å². The van der Waals surface area contributed by atoms with Gasteiger partial charge in [-0.2, -0.15) is 4.31 Å². The van der Waals surface area contributed by atoms with Crippen molar-refractivity contribution in [3.63, 3.8) is 0 Å². The summed E-state index contributed by atoms with van der Waals surface area (Å²) in [5.41, 5.74) is 0.462. The summed E-state index contributed by atoms with van der Waals surface area (Å²) in [5, 5.41) is 0. The molecule has 0 heterocycles. The summed E-state index contributed by atoms with van der Waals surface area (Å²) in [6.45, 7) is 4.02. The fourth-order valence-electron chi connectivity index (χ4n) is 3.92. The van der Waals surface area contributed by atoms with E-state index in [4.69, 9.17) is 0 Å². The van der Waals surface area contributed by atoms with Crippen LogP contribution in [0.2, 0.25) is 0 Å². The summed E-state index contributed by atoms with van der Waals surface area (Å²) in [6, 6.07) is 7.02. The normalized spacial score (nSPS) is 19.1. The van der Waals surface area contributed by atoms with Gasteiger partial charge in [0.05, 0.1) is 4.90 Å². The molecule has 0 bridgehead atoms. The van der Waals surface area contributed by atoms with Gasteiger partial charge in [0.15, 0.2) is 0 Å². The van der Waals surface area contributed by atoms with Crippen molar-refractivity contribution in [1.29, 1.82) is 0 Å². The SMILES string of the molecule is CC(C)N(C(=O)c1cccc(S(=O)(=O)N(C)C2CCCCC2)c1)C1CC1. The summed E-state index contributed by atoms with van der Waals surface area (Å²) < 4.78 is 27.6. The van der Waals surface area contributed by atoms with Crippen molar-refractivity contribution in [3.05, 3.63) is 29.8 Å². The Balaban J connectivity index is 1.84. The number of carbonyl (C=O) groups excluding carboxylic acids is 1. The summed E-state index contributed by atoms with van der Waals surface area (Å²) in [4.78, 5) is 15.0. The third-order valence-corrected chi connectivity index (χ3v) is 7.48. The lowest BCUT2D eigenvalue weighted by atomic mass is 9.96. The van der Waals surface area contributed by atoms with Crippen molar-refractivity contribution >= 4 is 15.9 Å². The number of nitrogens with zero attached hydrogens (tertiary/aromatic N) is 2. The zero-order valence-electron chi connectivity index (χ0n) is 16.0. The number of amides is 1. The molecule has 1 amide bonds. The van der Waals surface area contributed by atoms with Crippen molar-refractivity contribution in [3.8, 4) is 0 Å². The largest absolute Gasteiger partial charge is 0.333 e. The Kier molecular flexibility index (Phi) is 5.72. The molecule has 0 unspecified atom stereocenters. The maximum Gasteiger partial charge on any atom is 0.254 e. The molecule has 0 aromatic heterocycles. The third-order valence-electron chi connectivity index (χ3n) is 5.58. The van der Waals surface area contributed by atoms with Crippen molar-refractivity contribution in [2.75, 3.05) is 7.05 Å². The zero-order valence-corrected chi connectivity index (χ0v) is 16.8. The second kappa shape index (κ2) is 7.69. The highest BCUT2D eigenvalue weighted by Gasteiger charge is 2.35. The maximum atomic E-state index is 13.1. The Hall–Kier alpha value is -1.40. The Morgan fingerprint density at radius 3 is 2.27 bits per heavy atom. The van der Waals surface area contributed by atoms with Crippen LogP contribution < -0.4 is 0 Å². The summed E-state index contributed by atoms with van der Waals surface area (Å²) in [6.07, 6.45) is 7.23. The van der Waals surface area contributed by atoms with Crippen molar-refractivity contribution in [2.45, 2.75) is 81.8 Å². The lowest BCUT2D eigenvalue weighted by molar-refractivity contribution is 0.0690. The van der Waals surface area contributed by atoms with E-state index in [-0.39, 0.29) is 22.9 Å². The second-order valence-electron chi connectivity index (χ2n) is 7.88. The molecule has 2 aliphatic rings. The predicted molar refractivity (Wildman–Crippen MR) is 103 cm³/mol. The van der Waals surface area contributed by atoms with E-state index in [1.165, 1.54) is 10.7 Å². The molecule has 26 heavy (non-hydrogen) atoms. The molecule has 5 nitrogen and oxygen atoms in total. The molecular weight excluding hydrogens is 348 g/mol. The van der Waals surface area contributed by atoms with Gasteiger partial charge < -0.3 is 4.90 Å². The first-order valence-electron chi connectivity index (χ1n) is 9.73. The molecule has 0 radical (unpaired) electrons. The number of hydrogen-bond acceptors (Lipinski definition) is 3. The smallest absolute Gasteiger partial charge is 0.254 e. The quantitative estimate of drug-likeness (QED) is 0.759. The molecule has 0 saturated heterocycles. The average Bonchev–Trinajstić information content (AvgIpc) is 3.46. The molecule has 0 atom stereocenters. The highest BCUT2D eigenvalue weighted by molar-refractivity contribution is 7.89. The minimum atomic E-state index is -3.58. The van der Waals surface area contributed by atoms with Crippen LogP contribution in [0.5, 0.6) is 0 Å². The van der Waals surface area contributed by atoms with Gasteiger partial charge in [-0.05, 0) is 57.7 Å². The first kappa shape index (κ1) is 19.4. The number of benzene rings is 1. The minimum Gasteiger partial charge on any atom is -0.333 e. The minimum absolute atomic E-state index is 0.0618. The fraction of sp³-hybridized carbons (Fsp3) is 0.650. The zero-order chi connectivity index (χ0) is 18.9. The van der Waals surface area contributed by atoms with Crippen LogP contribution >= 0.6 is 0 Å². The number of sulfonamides is 1. The molecule has 1 aromatic carbocycles. The van der Waals surface area contributed by atoms with E-state index in [2.05, 4.69) is 0 Å². The van der Waals surface area contributed by atoms with E-state index in [0.717, 1.165) is 38.5 Å². The summed E-state index contributed by atoms with van der Waals surface area (Å²) in [7, 11) is -1.91. The van der Waals surface area contributed by atoms with Gasteiger partial charge in [-0.25, -0.2) is 8.42 Å². The van der Waals surface area contributed by atoms with Crippen LogP contribution in [-0.2, 0) is 10.0 Å². The van der Waals surface area contributed by atoms with Crippen molar-refractivity contribution in [1.82, 2.24) is 9.21 Å². The molecule has 6 heteroatoms. The van der Waals surface area contributed by atoms with Crippen LogP contribution in [0.15, 0.2) is 29.2 Å². The summed E-state index contributed by atoms with van der Waals surface area (Å²) in [5.74, 6) is -0.0696. The van der Waals surface area contributed by atoms with Gasteiger partial charge >= 0.3 is 0 Å². The standard InChI is InChI=1S/C20H30N2O3S/c1-15(2)22(18-12-13-18)20(23)16-8-7-11-19(14-16)26(24,25)21(3)17-9-5-4-6-10-17/h7-8,11,14-15,17-18H,4-6,9-10,12-13H2,1-3H3. The molecule has 2 saturated carbocycles. The lowest BCUT2D eigenvalue weighted by Crippen LogP contribution is -2.39. The predicted octanol–water partition coefficient (Wildman–Crippen LogP) is 3.65. The van der Waals surface area contributed by atoms with Crippen LogP contribution in [0.25, 0.3) is 0 Å². The fourth-order valence-corrected chi connectivity index (χ4v) is 5.38. The van der Waals surface area contributed by atoms with E-state index in [1.807, 2.05) is 18.7 Å². The molecule has 1 aromatic rings. The molecular formula is C20H30N2O3S. The van der Waals surface area contributed by atoms with Gasteiger partial charge in [0.1, 0.15) is 0 Å². The van der Waals surface area contributed by atoms with Gasteiger partial charge in [0.25, 0.3) is 5.91 Å². The molecule has 3 rings (SSSR count). The highest BCUT2D eigenvalue weighted by Crippen LogP contribution is 2.31. The van der Waals surface area contributed by atoms with E-state index in [1.54, 1.807) is 31.3 Å². The van der Waals surface area contributed by atoms with Crippen LogP contribution in [0.1, 0.15) is 69.2 Å². The average molecular weight is 379 g/mol. The van der Waals surface area contributed by atoms with Gasteiger partial charge in [0, 0.05) is 30.7 Å². The Bertz CT molecular complexity index is 748. The first-order valence-corrected chi connectivity index (χ1v) is 11.2. The first-order chi connectivity index (χ1) is 12.3. The van der Waals surface area contributed by atoms with Gasteiger partial charge in [-0.3, -0.25) is 4.79 Å². The third kappa shape index (κ3) is 3.96. The number of rotatable bonds is 6. The summed E-state index contributed by atoms with van der Waals surface area (Å²) >= 11 is 0. The van der Waals surface area contributed by atoms with E-state index in [9.17, 15) is 13.2 Å². The Morgan fingerprint density at radius 2 is 1.69 bits per heavy atom. The van der Waals surface area contributed by atoms with Crippen LogP contribution in [0, 0.1) is 0 Å². The topological polar surface area (TPSA) is 57.7 Å². The number of carbonyl (C=O) groups is 1. The lowest BCUT2D eigenvalue weighted by Gasteiger charge is -2.30.